The predicted octanol–water partition coefficient (Wildman–Crippen LogP) is 1.73. The number of hydrogen-bond acceptors (Lipinski definition) is 3. The molecule has 1 saturated carbocycles. The molecule has 1 aliphatic carbocycles. The van der Waals surface area contributed by atoms with Gasteiger partial charge in [-0.05, 0) is 37.8 Å². The van der Waals surface area contributed by atoms with E-state index < -0.39 is 0 Å². The SMILES string of the molecule is NC1CCC(NC(=O)c2cccc(Cl)n2)CC1. The van der Waals surface area contributed by atoms with Crippen molar-refractivity contribution in [1.29, 1.82) is 0 Å². The van der Waals surface area contributed by atoms with Crippen molar-refractivity contribution in [2.45, 2.75) is 37.8 Å². The molecule has 0 aromatic carbocycles. The quantitative estimate of drug-likeness (QED) is 0.789. The van der Waals surface area contributed by atoms with Gasteiger partial charge in [-0.15, -0.1) is 0 Å². The number of nitrogens with one attached hydrogen (secondary N) is 1. The normalized spacial score (nSPS) is 24.4. The average molecular weight is 254 g/mol. The smallest absolute Gasteiger partial charge is 0.270 e. The van der Waals surface area contributed by atoms with Crippen molar-refractivity contribution >= 4 is 17.5 Å². The Morgan fingerprint density at radius 1 is 1.35 bits per heavy atom. The average Bonchev–Trinajstić information content (AvgIpc) is 2.32. The van der Waals surface area contributed by atoms with Crippen molar-refractivity contribution in [3.8, 4) is 0 Å². The van der Waals surface area contributed by atoms with Gasteiger partial charge in [-0.3, -0.25) is 4.79 Å². The molecule has 0 radical (unpaired) electrons. The van der Waals surface area contributed by atoms with E-state index >= 15 is 0 Å². The van der Waals surface area contributed by atoms with Gasteiger partial charge in [0.15, 0.2) is 0 Å². The predicted molar refractivity (Wildman–Crippen MR) is 66.9 cm³/mol. The number of aromatic nitrogens is 1. The van der Waals surface area contributed by atoms with E-state index in [2.05, 4.69) is 10.3 Å². The van der Waals surface area contributed by atoms with Gasteiger partial charge in [-0.25, -0.2) is 4.98 Å². The lowest BCUT2D eigenvalue weighted by molar-refractivity contribution is 0.0921. The van der Waals surface area contributed by atoms with Gasteiger partial charge in [-0.2, -0.15) is 0 Å². The van der Waals surface area contributed by atoms with Crippen molar-refractivity contribution in [1.82, 2.24) is 10.3 Å². The Balaban J connectivity index is 1.93. The fourth-order valence-electron chi connectivity index (χ4n) is 2.06. The summed E-state index contributed by atoms with van der Waals surface area (Å²) in [5.41, 5.74) is 6.18. The molecule has 17 heavy (non-hydrogen) atoms. The maximum Gasteiger partial charge on any atom is 0.270 e. The van der Waals surface area contributed by atoms with E-state index in [4.69, 9.17) is 17.3 Å². The third-order valence-electron chi connectivity index (χ3n) is 3.05. The van der Waals surface area contributed by atoms with Crippen LogP contribution in [-0.4, -0.2) is 23.0 Å². The fraction of sp³-hybridized carbons (Fsp3) is 0.500. The van der Waals surface area contributed by atoms with Gasteiger partial charge in [0.1, 0.15) is 10.8 Å². The van der Waals surface area contributed by atoms with Gasteiger partial charge in [0.05, 0.1) is 0 Å². The van der Waals surface area contributed by atoms with Crippen molar-refractivity contribution < 1.29 is 4.79 Å². The molecule has 4 nitrogen and oxygen atoms in total. The van der Waals surface area contributed by atoms with Crippen molar-refractivity contribution in [3.05, 3.63) is 29.0 Å². The van der Waals surface area contributed by atoms with Gasteiger partial charge in [0.25, 0.3) is 5.91 Å². The maximum absolute atomic E-state index is 11.9. The molecule has 1 heterocycles. The first kappa shape index (κ1) is 12.3. The Morgan fingerprint density at radius 3 is 2.71 bits per heavy atom. The molecule has 92 valence electrons. The summed E-state index contributed by atoms with van der Waals surface area (Å²) >= 11 is 5.74. The summed E-state index contributed by atoms with van der Waals surface area (Å²) in [7, 11) is 0. The Morgan fingerprint density at radius 2 is 2.06 bits per heavy atom. The second kappa shape index (κ2) is 5.47. The molecule has 1 amide bonds. The Labute approximate surface area is 106 Å². The number of pyridine rings is 1. The molecule has 1 aliphatic rings. The Bertz CT molecular complexity index is 402. The van der Waals surface area contributed by atoms with E-state index in [-0.39, 0.29) is 18.0 Å². The number of nitrogens with two attached hydrogens (primary N) is 1. The van der Waals surface area contributed by atoms with Gasteiger partial charge in [0, 0.05) is 12.1 Å². The topological polar surface area (TPSA) is 68.0 Å². The van der Waals surface area contributed by atoms with Crippen LogP contribution in [0.5, 0.6) is 0 Å². The van der Waals surface area contributed by atoms with Crippen LogP contribution in [0.4, 0.5) is 0 Å². The third kappa shape index (κ3) is 3.41. The van der Waals surface area contributed by atoms with Crippen molar-refractivity contribution in [3.63, 3.8) is 0 Å². The highest BCUT2D eigenvalue weighted by molar-refractivity contribution is 6.29. The number of carbonyl (C=O) groups is 1. The molecule has 3 N–H and O–H groups in total. The molecule has 0 unspecified atom stereocenters. The van der Waals surface area contributed by atoms with Crippen LogP contribution in [0.3, 0.4) is 0 Å². The molecule has 0 bridgehead atoms. The fourth-order valence-corrected chi connectivity index (χ4v) is 2.22. The van der Waals surface area contributed by atoms with E-state index in [9.17, 15) is 4.79 Å². The Kier molecular flexibility index (Phi) is 3.97. The first-order valence-electron chi connectivity index (χ1n) is 5.84. The van der Waals surface area contributed by atoms with Crippen LogP contribution in [0.2, 0.25) is 5.15 Å². The number of carbonyl (C=O) groups excluding carboxylic acids is 1. The third-order valence-corrected chi connectivity index (χ3v) is 3.27. The number of hydrogen-bond donors (Lipinski definition) is 2. The van der Waals surface area contributed by atoms with E-state index in [1.807, 2.05) is 0 Å². The number of nitrogens with zero attached hydrogens (tertiary/aromatic N) is 1. The minimum absolute atomic E-state index is 0.159. The molecule has 1 aromatic rings. The summed E-state index contributed by atoms with van der Waals surface area (Å²) in [6.45, 7) is 0. The minimum Gasteiger partial charge on any atom is -0.348 e. The first-order valence-corrected chi connectivity index (χ1v) is 6.22. The van der Waals surface area contributed by atoms with Crippen LogP contribution in [0, 0.1) is 0 Å². The van der Waals surface area contributed by atoms with Crippen LogP contribution < -0.4 is 11.1 Å². The van der Waals surface area contributed by atoms with Crippen LogP contribution in [0.15, 0.2) is 18.2 Å². The molecule has 1 aromatic heterocycles. The van der Waals surface area contributed by atoms with Gasteiger partial charge in [0.2, 0.25) is 0 Å². The van der Waals surface area contributed by atoms with Crippen LogP contribution in [0.1, 0.15) is 36.2 Å². The number of amides is 1. The molecule has 0 spiro atoms. The lowest BCUT2D eigenvalue weighted by atomic mass is 9.92. The molecule has 0 atom stereocenters. The second-order valence-electron chi connectivity index (χ2n) is 4.43. The summed E-state index contributed by atoms with van der Waals surface area (Å²) < 4.78 is 0. The van der Waals surface area contributed by atoms with E-state index in [0.29, 0.717) is 10.8 Å². The zero-order chi connectivity index (χ0) is 12.3. The van der Waals surface area contributed by atoms with Crippen molar-refractivity contribution in [2.24, 2.45) is 5.73 Å². The number of halogens is 1. The molecule has 1 fully saturated rings. The highest BCUT2D eigenvalue weighted by Gasteiger charge is 2.20. The van der Waals surface area contributed by atoms with Gasteiger partial charge < -0.3 is 11.1 Å². The lowest BCUT2D eigenvalue weighted by Gasteiger charge is -2.26. The molecule has 5 heteroatoms. The number of rotatable bonds is 2. The highest BCUT2D eigenvalue weighted by Crippen LogP contribution is 2.17. The first-order chi connectivity index (χ1) is 8.15. The summed E-state index contributed by atoms with van der Waals surface area (Å²) in [5, 5.41) is 3.30. The molecule has 0 saturated heterocycles. The second-order valence-corrected chi connectivity index (χ2v) is 4.82. The van der Waals surface area contributed by atoms with Crippen LogP contribution >= 0.6 is 11.6 Å². The Hall–Kier alpha value is -1.13. The van der Waals surface area contributed by atoms with Crippen LogP contribution in [0.25, 0.3) is 0 Å². The highest BCUT2D eigenvalue weighted by atomic mass is 35.5. The maximum atomic E-state index is 11.9. The minimum atomic E-state index is -0.159. The van der Waals surface area contributed by atoms with Gasteiger partial charge in [-0.1, -0.05) is 17.7 Å². The summed E-state index contributed by atoms with van der Waals surface area (Å²) in [5.74, 6) is -0.159. The summed E-state index contributed by atoms with van der Waals surface area (Å²) in [4.78, 5) is 15.9. The molecular formula is C12H16ClN3O. The van der Waals surface area contributed by atoms with E-state index in [0.717, 1.165) is 25.7 Å². The van der Waals surface area contributed by atoms with Crippen LogP contribution in [-0.2, 0) is 0 Å². The van der Waals surface area contributed by atoms with E-state index in [1.54, 1.807) is 18.2 Å². The monoisotopic (exact) mass is 253 g/mol. The standard InChI is InChI=1S/C12H16ClN3O/c13-11-3-1-2-10(16-11)12(17)15-9-6-4-8(14)5-7-9/h1-3,8-9H,4-7,14H2,(H,15,17). The van der Waals surface area contributed by atoms with E-state index in [1.165, 1.54) is 0 Å². The zero-order valence-electron chi connectivity index (χ0n) is 9.53. The van der Waals surface area contributed by atoms with Gasteiger partial charge >= 0.3 is 0 Å². The summed E-state index contributed by atoms with van der Waals surface area (Å²) in [6, 6.07) is 5.53. The zero-order valence-corrected chi connectivity index (χ0v) is 10.3. The lowest BCUT2D eigenvalue weighted by Crippen LogP contribution is -2.40. The summed E-state index contributed by atoms with van der Waals surface area (Å²) in [6.07, 6.45) is 3.81. The van der Waals surface area contributed by atoms with Crippen molar-refractivity contribution in [2.75, 3.05) is 0 Å². The largest absolute Gasteiger partial charge is 0.348 e. The molecule has 2 rings (SSSR count). The molecule has 0 aliphatic heterocycles. The molecular weight excluding hydrogens is 238 g/mol.